The summed E-state index contributed by atoms with van der Waals surface area (Å²) in [5, 5.41) is 2.83. The van der Waals surface area contributed by atoms with Gasteiger partial charge in [-0.2, -0.15) is 0 Å². The van der Waals surface area contributed by atoms with Crippen molar-refractivity contribution in [3.05, 3.63) is 28.7 Å². The molecule has 1 aromatic carbocycles. The molecular formula is C13H16N2O4. The number of nitroso groups, excluding NO2 is 1. The number of nitrogens with zero attached hydrogens (tertiary/aromatic N) is 2. The zero-order valence-electron chi connectivity index (χ0n) is 10.7. The number of anilines is 1. The number of ether oxygens (including phenoxy) is 2. The van der Waals surface area contributed by atoms with Crippen LogP contribution in [0.5, 0.6) is 0 Å². The average Bonchev–Trinajstić information content (AvgIpc) is 2.47. The molecule has 0 saturated carbocycles. The van der Waals surface area contributed by atoms with E-state index in [0.29, 0.717) is 31.6 Å². The van der Waals surface area contributed by atoms with Crippen LogP contribution in [-0.2, 0) is 9.47 Å². The van der Waals surface area contributed by atoms with Gasteiger partial charge in [0, 0.05) is 31.5 Å². The Hall–Kier alpha value is -1.79. The number of carbonyl (C=O) groups excluding carboxylic acids is 1. The first-order valence-corrected chi connectivity index (χ1v) is 6.06. The summed E-state index contributed by atoms with van der Waals surface area (Å²) in [7, 11) is 1.64. The van der Waals surface area contributed by atoms with Crippen LogP contribution < -0.4 is 4.90 Å². The molecule has 6 heteroatoms. The Kier molecular flexibility index (Phi) is 4.59. The van der Waals surface area contributed by atoms with Crippen LogP contribution in [-0.4, -0.2) is 45.8 Å². The Labute approximate surface area is 111 Å². The van der Waals surface area contributed by atoms with Gasteiger partial charge >= 0.3 is 0 Å². The van der Waals surface area contributed by atoms with Crippen molar-refractivity contribution in [3.8, 4) is 0 Å². The number of hydrogen-bond acceptors (Lipinski definition) is 6. The summed E-state index contributed by atoms with van der Waals surface area (Å²) in [4.78, 5) is 23.6. The minimum absolute atomic E-state index is 0.0160. The predicted octanol–water partition coefficient (Wildman–Crippen LogP) is 1.75. The molecule has 1 aliphatic heterocycles. The smallest absolute Gasteiger partial charge is 0.152 e. The second-order valence-electron chi connectivity index (χ2n) is 4.35. The minimum atomic E-state index is 0.0160. The molecule has 19 heavy (non-hydrogen) atoms. The molecule has 0 unspecified atom stereocenters. The van der Waals surface area contributed by atoms with Gasteiger partial charge < -0.3 is 14.4 Å². The maximum absolute atomic E-state index is 10.9. The van der Waals surface area contributed by atoms with Gasteiger partial charge in [-0.3, -0.25) is 4.79 Å². The van der Waals surface area contributed by atoms with Crippen molar-refractivity contribution in [1.82, 2.24) is 0 Å². The quantitative estimate of drug-likeness (QED) is 0.598. The van der Waals surface area contributed by atoms with E-state index in [1.54, 1.807) is 25.3 Å². The Morgan fingerprint density at radius 3 is 3.11 bits per heavy atom. The molecule has 1 aliphatic rings. The second-order valence-corrected chi connectivity index (χ2v) is 4.35. The Balaban J connectivity index is 2.16. The molecule has 0 aromatic heterocycles. The van der Waals surface area contributed by atoms with E-state index >= 15 is 0 Å². The average molecular weight is 264 g/mol. The largest absolute Gasteiger partial charge is 0.382 e. The SMILES string of the molecule is COC[C@@H]1CN(c2ccc(N=O)c(C=O)c2)CCO1. The Morgan fingerprint density at radius 2 is 2.42 bits per heavy atom. The molecule has 0 amide bonds. The lowest BCUT2D eigenvalue weighted by molar-refractivity contribution is -0.0100. The molecule has 0 spiro atoms. The van der Waals surface area contributed by atoms with Crippen molar-refractivity contribution in [2.24, 2.45) is 5.18 Å². The summed E-state index contributed by atoms with van der Waals surface area (Å²) >= 11 is 0. The lowest BCUT2D eigenvalue weighted by atomic mass is 10.1. The van der Waals surface area contributed by atoms with Crippen LogP contribution in [0.15, 0.2) is 23.4 Å². The summed E-state index contributed by atoms with van der Waals surface area (Å²) in [5.41, 5.74) is 1.36. The Bertz CT molecular complexity index is 462. The second kappa shape index (κ2) is 6.40. The summed E-state index contributed by atoms with van der Waals surface area (Å²) in [5.74, 6) is 0. The van der Waals surface area contributed by atoms with E-state index in [1.807, 2.05) is 0 Å². The monoisotopic (exact) mass is 264 g/mol. The van der Waals surface area contributed by atoms with Crippen LogP contribution >= 0.6 is 0 Å². The molecule has 6 nitrogen and oxygen atoms in total. The molecule has 1 aromatic rings. The van der Waals surface area contributed by atoms with Crippen molar-refractivity contribution in [2.45, 2.75) is 6.10 Å². The minimum Gasteiger partial charge on any atom is -0.382 e. The third-order valence-electron chi connectivity index (χ3n) is 3.09. The van der Waals surface area contributed by atoms with Crippen molar-refractivity contribution < 1.29 is 14.3 Å². The van der Waals surface area contributed by atoms with E-state index < -0.39 is 0 Å². The number of carbonyl (C=O) groups is 1. The normalized spacial score (nSPS) is 19.2. The van der Waals surface area contributed by atoms with Gasteiger partial charge in [0.25, 0.3) is 0 Å². The van der Waals surface area contributed by atoms with Gasteiger partial charge in [0.2, 0.25) is 0 Å². The standard InChI is InChI=1S/C13H16N2O4/c1-18-9-12-7-15(4-5-19-12)11-2-3-13(14-17)10(6-11)8-16/h2-3,6,8,12H,4-5,7,9H2,1H3/t12-/m0/s1. The summed E-state index contributed by atoms with van der Waals surface area (Å²) in [6, 6.07) is 5.03. The number of morpholine rings is 1. The Morgan fingerprint density at radius 1 is 1.58 bits per heavy atom. The van der Waals surface area contributed by atoms with Crippen LogP contribution in [0.25, 0.3) is 0 Å². The third-order valence-corrected chi connectivity index (χ3v) is 3.09. The lowest BCUT2D eigenvalue weighted by Crippen LogP contribution is -2.44. The topological polar surface area (TPSA) is 68.2 Å². The molecule has 0 radical (unpaired) electrons. The number of rotatable bonds is 5. The van der Waals surface area contributed by atoms with Crippen molar-refractivity contribution in [3.63, 3.8) is 0 Å². The highest BCUT2D eigenvalue weighted by atomic mass is 16.5. The van der Waals surface area contributed by atoms with Crippen LogP contribution in [0.1, 0.15) is 10.4 Å². The lowest BCUT2D eigenvalue weighted by Gasteiger charge is -2.34. The maximum atomic E-state index is 10.9. The van der Waals surface area contributed by atoms with E-state index in [0.717, 1.165) is 12.2 Å². The number of hydrogen-bond donors (Lipinski definition) is 0. The van der Waals surface area contributed by atoms with Crippen LogP contribution in [0.4, 0.5) is 11.4 Å². The van der Waals surface area contributed by atoms with Gasteiger partial charge in [0.15, 0.2) is 6.29 Å². The van der Waals surface area contributed by atoms with Gasteiger partial charge in [-0.05, 0) is 23.4 Å². The molecule has 0 aliphatic carbocycles. The fourth-order valence-corrected chi connectivity index (χ4v) is 2.16. The fraction of sp³-hybridized carbons (Fsp3) is 0.462. The molecule has 1 atom stereocenters. The fourth-order valence-electron chi connectivity index (χ4n) is 2.16. The van der Waals surface area contributed by atoms with Gasteiger partial charge in [-0.25, -0.2) is 0 Å². The summed E-state index contributed by atoms with van der Waals surface area (Å²) < 4.78 is 10.6. The highest BCUT2D eigenvalue weighted by molar-refractivity contribution is 5.85. The van der Waals surface area contributed by atoms with E-state index in [-0.39, 0.29) is 11.8 Å². The van der Waals surface area contributed by atoms with Crippen molar-refractivity contribution >= 4 is 17.7 Å². The zero-order valence-corrected chi connectivity index (χ0v) is 10.7. The van der Waals surface area contributed by atoms with Gasteiger partial charge in [0.1, 0.15) is 5.69 Å². The van der Waals surface area contributed by atoms with Gasteiger partial charge in [-0.15, -0.1) is 4.91 Å². The number of aldehydes is 1. The van der Waals surface area contributed by atoms with E-state index in [1.165, 1.54) is 0 Å². The molecule has 2 rings (SSSR count). The third kappa shape index (κ3) is 3.15. The molecule has 0 bridgehead atoms. The summed E-state index contributed by atoms with van der Waals surface area (Å²) in [6.07, 6.45) is 0.662. The first-order valence-electron chi connectivity index (χ1n) is 6.06. The predicted molar refractivity (Wildman–Crippen MR) is 71.1 cm³/mol. The molecule has 1 heterocycles. The van der Waals surface area contributed by atoms with E-state index in [4.69, 9.17) is 9.47 Å². The van der Waals surface area contributed by atoms with E-state index in [9.17, 15) is 9.70 Å². The number of benzene rings is 1. The summed E-state index contributed by atoms with van der Waals surface area (Å²) in [6.45, 7) is 2.58. The first-order chi connectivity index (χ1) is 9.28. The molecule has 102 valence electrons. The first kappa shape index (κ1) is 13.6. The highest BCUT2D eigenvalue weighted by Crippen LogP contribution is 2.25. The highest BCUT2D eigenvalue weighted by Gasteiger charge is 2.21. The number of methoxy groups -OCH3 is 1. The van der Waals surface area contributed by atoms with Crippen LogP contribution in [0.2, 0.25) is 0 Å². The van der Waals surface area contributed by atoms with E-state index in [2.05, 4.69) is 10.1 Å². The molecular weight excluding hydrogens is 248 g/mol. The van der Waals surface area contributed by atoms with Crippen molar-refractivity contribution in [1.29, 1.82) is 0 Å². The zero-order chi connectivity index (χ0) is 13.7. The van der Waals surface area contributed by atoms with Gasteiger partial charge in [-0.1, -0.05) is 0 Å². The van der Waals surface area contributed by atoms with Crippen LogP contribution in [0.3, 0.4) is 0 Å². The maximum Gasteiger partial charge on any atom is 0.152 e. The molecule has 1 fully saturated rings. The molecule has 1 saturated heterocycles. The van der Waals surface area contributed by atoms with Crippen molar-refractivity contribution in [2.75, 3.05) is 38.3 Å². The van der Waals surface area contributed by atoms with Gasteiger partial charge in [0.05, 0.1) is 19.3 Å². The molecule has 0 N–H and O–H groups in total. The van der Waals surface area contributed by atoms with Crippen LogP contribution in [0, 0.1) is 4.91 Å².